The number of benzene rings is 1. The Balaban J connectivity index is 1.75. The Morgan fingerprint density at radius 3 is 2.61 bits per heavy atom. The van der Waals surface area contributed by atoms with E-state index < -0.39 is 17.0 Å². The Morgan fingerprint density at radius 2 is 1.91 bits per heavy atom. The summed E-state index contributed by atoms with van der Waals surface area (Å²) in [5.74, 6) is -1.24. The SMILES string of the molecule is O=C(CN1C(=O)S/C(=C/c2ccccc2F)C1=O)N1CCCC1. The fourth-order valence-electron chi connectivity index (χ4n) is 2.57. The Bertz CT molecular complexity index is 698. The van der Waals surface area contributed by atoms with Gasteiger partial charge in [-0.1, -0.05) is 18.2 Å². The van der Waals surface area contributed by atoms with Gasteiger partial charge in [0.15, 0.2) is 0 Å². The van der Waals surface area contributed by atoms with Gasteiger partial charge in [0.2, 0.25) is 5.91 Å². The predicted octanol–water partition coefficient (Wildman–Crippen LogP) is 2.48. The summed E-state index contributed by atoms with van der Waals surface area (Å²) in [5.41, 5.74) is 0.240. The van der Waals surface area contributed by atoms with Crippen LogP contribution in [-0.2, 0) is 9.59 Å². The van der Waals surface area contributed by atoms with Crippen molar-refractivity contribution in [3.63, 3.8) is 0 Å². The molecule has 1 aromatic carbocycles. The van der Waals surface area contributed by atoms with Gasteiger partial charge in [0.05, 0.1) is 4.91 Å². The summed E-state index contributed by atoms with van der Waals surface area (Å²) in [6.45, 7) is 1.08. The van der Waals surface area contributed by atoms with E-state index in [9.17, 15) is 18.8 Å². The highest BCUT2D eigenvalue weighted by molar-refractivity contribution is 8.18. The van der Waals surface area contributed by atoms with Gasteiger partial charge in [-0.25, -0.2) is 4.39 Å². The van der Waals surface area contributed by atoms with E-state index in [1.165, 1.54) is 18.2 Å². The van der Waals surface area contributed by atoms with Gasteiger partial charge in [-0.05, 0) is 36.7 Å². The van der Waals surface area contributed by atoms with E-state index in [1.807, 2.05) is 0 Å². The van der Waals surface area contributed by atoms with Gasteiger partial charge in [-0.15, -0.1) is 0 Å². The molecule has 0 aliphatic carbocycles. The first-order chi connectivity index (χ1) is 11.1. The first-order valence-electron chi connectivity index (χ1n) is 7.34. The lowest BCUT2D eigenvalue weighted by Crippen LogP contribution is -2.40. The minimum absolute atomic E-state index is 0.134. The third-order valence-corrected chi connectivity index (χ3v) is 4.72. The highest BCUT2D eigenvalue weighted by Gasteiger charge is 2.37. The van der Waals surface area contributed by atoms with Crippen molar-refractivity contribution in [2.75, 3.05) is 19.6 Å². The zero-order valence-electron chi connectivity index (χ0n) is 12.3. The lowest BCUT2D eigenvalue weighted by atomic mass is 10.2. The second kappa shape index (κ2) is 6.54. The molecular formula is C16H15FN2O3S. The van der Waals surface area contributed by atoms with Crippen LogP contribution in [0.1, 0.15) is 18.4 Å². The summed E-state index contributed by atoms with van der Waals surface area (Å²) < 4.78 is 13.7. The van der Waals surface area contributed by atoms with E-state index in [0.717, 1.165) is 29.5 Å². The number of halogens is 1. The summed E-state index contributed by atoms with van der Waals surface area (Å²) >= 11 is 0.731. The molecule has 120 valence electrons. The van der Waals surface area contributed by atoms with Crippen LogP contribution in [0.3, 0.4) is 0 Å². The summed E-state index contributed by atoms with van der Waals surface area (Å²) in [7, 11) is 0. The molecule has 3 amide bonds. The van der Waals surface area contributed by atoms with Crippen LogP contribution in [0.4, 0.5) is 9.18 Å². The molecule has 0 aromatic heterocycles. The van der Waals surface area contributed by atoms with Crippen molar-refractivity contribution in [3.05, 3.63) is 40.6 Å². The molecule has 0 unspecified atom stereocenters. The number of carbonyl (C=O) groups is 3. The fourth-order valence-corrected chi connectivity index (χ4v) is 3.40. The van der Waals surface area contributed by atoms with Crippen LogP contribution in [0, 0.1) is 5.82 Å². The van der Waals surface area contributed by atoms with E-state index in [1.54, 1.807) is 17.0 Å². The average molecular weight is 334 g/mol. The average Bonchev–Trinajstić information content (AvgIpc) is 3.14. The Morgan fingerprint density at radius 1 is 1.22 bits per heavy atom. The monoisotopic (exact) mass is 334 g/mol. The van der Waals surface area contributed by atoms with E-state index >= 15 is 0 Å². The van der Waals surface area contributed by atoms with Gasteiger partial charge in [-0.3, -0.25) is 19.3 Å². The Kier molecular flexibility index (Phi) is 4.47. The zero-order valence-corrected chi connectivity index (χ0v) is 13.1. The van der Waals surface area contributed by atoms with Crippen LogP contribution < -0.4 is 0 Å². The molecule has 0 bridgehead atoms. The van der Waals surface area contributed by atoms with Crippen LogP contribution in [0.25, 0.3) is 6.08 Å². The van der Waals surface area contributed by atoms with Crippen LogP contribution >= 0.6 is 11.8 Å². The number of carbonyl (C=O) groups excluding carboxylic acids is 3. The number of thioether (sulfide) groups is 1. The van der Waals surface area contributed by atoms with Gasteiger partial charge in [0.1, 0.15) is 12.4 Å². The van der Waals surface area contributed by atoms with Crippen molar-refractivity contribution < 1.29 is 18.8 Å². The van der Waals surface area contributed by atoms with Crippen LogP contribution in [0.15, 0.2) is 29.2 Å². The van der Waals surface area contributed by atoms with Crippen molar-refractivity contribution in [1.82, 2.24) is 9.80 Å². The van der Waals surface area contributed by atoms with Crippen molar-refractivity contribution in [2.45, 2.75) is 12.8 Å². The number of hydrogen-bond donors (Lipinski definition) is 0. The van der Waals surface area contributed by atoms with Crippen molar-refractivity contribution in [2.24, 2.45) is 0 Å². The normalized spacial score (nSPS) is 20.0. The van der Waals surface area contributed by atoms with Gasteiger partial charge in [0.25, 0.3) is 11.1 Å². The smallest absolute Gasteiger partial charge is 0.294 e. The Labute approximate surface area is 137 Å². The minimum atomic E-state index is -0.546. The maximum absolute atomic E-state index is 13.7. The minimum Gasteiger partial charge on any atom is -0.341 e. The zero-order chi connectivity index (χ0) is 16.4. The molecule has 2 aliphatic rings. The highest BCUT2D eigenvalue weighted by atomic mass is 32.2. The van der Waals surface area contributed by atoms with Gasteiger partial charge < -0.3 is 4.90 Å². The molecule has 1 aromatic rings. The molecule has 0 spiro atoms. The molecule has 2 fully saturated rings. The summed E-state index contributed by atoms with van der Waals surface area (Å²) in [6.07, 6.45) is 3.24. The summed E-state index contributed by atoms with van der Waals surface area (Å²) in [4.78, 5) is 39.1. The van der Waals surface area contributed by atoms with Gasteiger partial charge >= 0.3 is 0 Å². The number of imide groups is 1. The quantitative estimate of drug-likeness (QED) is 0.797. The molecule has 7 heteroatoms. The fraction of sp³-hybridized carbons (Fsp3) is 0.312. The lowest BCUT2D eigenvalue weighted by molar-refractivity contribution is -0.135. The first kappa shape index (κ1) is 15.7. The second-order valence-electron chi connectivity index (χ2n) is 5.38. The third-order valence-electron chi connectivity index (χ3n) is 3.82. The maximum Gasteiger partial charge on any atom is 0.294 e. The molecule has 3 rings (SSSR count). The highest BCUT2D eigenvalue weighted by Crippen LogP contribution is 2.32. The van der Waals surface area contributed by atoms with Crippen molar-refractivity contribution in [1.29, 1.82) is 0 Å². The molecule has 0 radical (unpaired) electrons. The van der Waals surface area contributed by atoms with E-state index in [0.29, 0.717) is 13.1 Å². The van der Waals surface area contributed by atoms with E-state index in [2.05, 4.69) is 0 Å². The molecule has 0 atom stereocenters. The second-order valence-corrected chi connectivity index (χ2v) is 6.37. The molecule has 0 N–H and O–H groups in total. The topological polar surface area (TPSA) is 57.7 Å². The van der Waals surface area contributed by atoms with E-state index in [4.69, 9.17) is 0 Å². The van der Waals surface area contributed by atoms with E-state index in [-0.39, 0.29) is 22.9 Å². The van der Waals surface area contributed by atoms with Gasteiger partial charge in [0, 0.05) is 18.7 Å². The molecule has 5 nitrogen and oxygen atoms in total. The molecule has 23 heavy (non-hydrogen) atoms. The largest absolute Gasteiger partial charge is 0.341 e. The van der Waals surface area contributed by atoms with Crippen LogP contribution in [0.5, 0.6) is 0 Å². The van der Waals surface area contributed by atoms with Crippen LogP contribution in [-0.4, -0.2) is 46.5 Å². The molecule has 2 aliphatic heterocycles. The summed E-state index contributed by atoms with van der Waals surface area (Å²) in [5, 5.41) is -0.495. The number of nitrogens with zero attached hydrogens (tertiary/aromatic N) is 2. The van der Waals surface area contributed by atoms with Crippen molar-refractivity contribution in [3.8, 4) is 0 Å². The summed E-state index contributed by atoms with van der Waals surface area (Å²) in [6, 6.07) is 6.01. The molecule has 0 saturated carbocycles. The lowest BCUT2D eigenvalue weighted by Gasteiger charge is -2.18. The Hall–Kier alpha value is -2.15. The number of rotatable bonds is 3. The predicted molar refractivity (Wildman–Crippen MR) is 84.9 cm³/mol. The number of hydrogen-bond acceptors (Lipinski definition) is 4. The number of amides is 3. The standard InChI is InChI=1S/C16H15FN2O3S/c17-12-6-2-1-5-11(12)9-13-15(21)19(16(22)23-13)10-14(20)18-7-3-4-8-18/h1-2,5-6,9H,3-4,7-8,10H2/b13-9+. The van der Waals surface area contributed by atoms with Crippen LogP contribution in [0.2, 0.25) is 0 Å². The molecular weight excluding hydrogens is 319 g/mol. The number of likely N-dealkylation sites (tertiary alicyclic amines) is 1. The molecule has 2 saturated heterocycles. The maximum atomic E-state index is 13.7. The van der Waals surface area contributed by atoms with Crippen molar-refractivity contribution >= 4 is 34.9 Å². The first-order valence-corrected chi connectivity index (χ1v) is 8.15. The third kappa shape index (κ3) is 3.29. The molecule has 2 heterocycles. The van der Waals surface area contributed by atoms with Gasteiger partial charge in [-0.2, -0.15) is 0 Å².